The molecule has 1 aromatic rings. The Balaban J connectivity index is 2.23. The molecule has 0 fully saturated rings. The Bertz CT molecular complexity index is 294. The van der Waals surface area contributed by atoms with Crippen LogP contribution in [0.1, 0.15) is 5.56 Å². The number of aliphatic hydroxyl groups is 2. The zero-order valence-corrected chi connectivity index (χ0v) is 9.97. The first-order chi connectivity index (χ1) is 7.24. The second kappa shape index (κ2) is 7.12. The minimum atomic E-state index is -0.610. The zero-order valence-electron chi connectivity index (χ0n) is 8.40. The summed E-state index contributed by atoms with van der Waals surface area (Å²) in [5.41, 5.74) is 1.13. The molecule has 0 spiro atoms. The van der Waals surface area contributed by atoms with Crippen LogP contribution in [-0.4, -0.2) is 34.4 Å². The molecule has 84 valence electrons. The van der Waals surface area contributed by atoms with Crippen LogP contribution in [0.3, 0.4) is 0 Å². The summed E-state index contributed by atoms with van der Waals surface area (Å²) in [6.07, 6.45) is 0.281. The van der Waals surface area contributed by atoms with Gasteiger partial charge in [0.05, 0.1) is 12.7 Å². The Morgan fingerprint density at radius 1 is 1.33 bits per heavy atom. The lowest BCUT2D eigenvalue weighted by Crippen LogP contribution is -2.15. The molecule has 4 heteroatoms. The normalized spacial score (nSPS) is 12.7. The fraction of sp³-hybridized carbons (Fsp3) is 0.455. The molecule has 0 heterocycles. The maximum absolute atomic E-state index is 9.11. The topological polar surface area (TPSA) is 40.5 Å². The Labute approximate surface area is 99.3 Å². The first kappa shape index (κ1) is 12.8. The molecule has 1 rings (SSSR count). The van der Waals surface area contributed by atoms with Gasteiger partial charge in [0.2, 0.25) is 0 Å². The van der Waals surface area contributed by atoms with Crippen molar-refractivity contribution in [1.82, 2.24) is 0 Å². The van der Waals surface area contributed by atoms with Crippen LogP contribution in [-0.2, 0) is 6.42 Å². The van der Waals surface area contributed by atoms with Gasteiger partial charge in [-0.15, -0.1) is 0 Å². The van der Waals surface area contributed by atoms with Gasteiger partial charge in [-0.05, 0) is 23.8 Å². The first-order valence-electron chi connectivity index (χ1n) is 4.84. The predicted octanol–water partition coefficient (Wildman–Crippen LogP) is 1.97. The fourth-order valence-electron chi connectivity index (χ4n) is 1.16. The van der Waals surface area contributed by atoms with Gasteiger partial charge >= 0.3 is 0 Å². The van der Waals surface area contributed by atoms with Crippen molar-refractivity contribution in [1.29, 1.82) is 0 Å². The van der Waals surface area contributed by atoms with Crippen LogP contribution in [0.5, 0.6) is 0 Å². The van der Waals surface area contributed by atoms with Crippen molar-refractivity contribution in [3.63, 3.8) is 0 Å². The van der Waals surface area contributed by atoms with Gasteiger partial charge in [0.25, 0.3) is 0 Å². The SMILES string of the molecule is OCC(O)CSCCc1ccccc1Cl. The van der Waals surface area contributed by atoms with Crippen LogP contribution >= 0.6 is 23.4 Å². The molecule has 15 heavy (non-hydrogen) atoms. The van der Waals surface area contributed by atoms with Gasteiger partial charge in [-0.2, -0.15) is 11.8 Å². The Kier molecular flexibility index (Phi) is 6.10. The summed E-state index contributed by atoms with van der Waals surface area (Å²) in [5.74, 6) is 1.47. The van der Waals surface area contributed by atoms with Gasteiger partial charge in [-0.1, -0.05) is 29.8 Å². The average Bonchev–Trinajstić information content (AvgIpc) is 2.26. The second-order valence-corrected chi connectivity index (χ2v) is 4.81. The molecule has 0 aliphatic rings. The van der Waals surface area contributed by atoms with E-state index in [-0.39, 0.29) is 6.61 Å². The molecule has 0 radical (unpaired) electrons. The standard InChI is InChI=1S/C11H15ClO2S/c12-11-4-2-1-3-9(11)5-6-15-8-10(14)7-13/h1-4,10,13-14H,5-8H2. The summed E-state index contributed by atoms with van der Waals surface area (Å²) in [5, 5.41) is 18.5. The van der Waals surface area contributed by atoms with E-state index in [2.05, 4.69) is 0 Å². The van der Waals surface area contributed by atoms with Gasteiger partial charge in [0, 0.05) is 10.8 Å². The van der Waals surface area contributed by atoms with Crippen LogP contribution in [0.25, 0.3) is 0 Å². The summed E-state index contributed by atoms with van der Waals surface area (Å²) in [6, 6.07) is 7.76. The minimum Gasteiger partial charge on any atom is -0.394 e. The Morgan fingerprint density at radius 3 is 2.73 bits per heavy atom. The van der Waals surface area contributed by atoms with Crippen molar-refractivity contribution >= 4 is 23.4 Å². The summed E-state index contributed by atoms with van der Waals surface area (Å²) < 4.78 is 0. The van der Waals surface area contributed by atoms with Crippen LogP contribution < -0.4 is 0 Å². The second-order valence-electron chi connectivity index (χ2n) is 3.25. The third kappa shape index (κ3) is 4.89. The third-order valence-corrected chi connectivity index (χ3v) is 3.48. The number of benzene rings is 1. The van der Waals surface area contributed by atoms with E-state index in [1.807, 2.05) is 24.3 Å². The fourth-order valence-corrected chi connectivity index (χ4v) is 2.29. The number of aryl methyl sites for hydroxylation is 1. The Morgan fingerprint density at radius 2 is 2.07 bits per heavy atom. The maximum atomic E-state index is 9.11. The molecule has 0 saturated carbocycles. The van der Waals surface area contributed by atoms with Gasteiger partial charge in [0.15, 0.2) is 0 Å². The quantitative estimate of drug-likeness (QED) is 0.754. The van der Waals surface area contributed by atoms with E-state index in [4.69, 9.17) is 21.8 Å². The molecule has 2 nitrogen and oxygen atoms in total. The molecule has 0 aliphatic heterocycles. The van der Waals surface area contributed by atoms with Crippen molar-refractivity contribution in [3.05, 3.63) is 34.9 Å². The van der Waals surface area contributed by atoms with E-state index in [0.717, 1.165) is 22.8 Å². The largest absolute Gasteiger partial charge is 0.394 e. The summed E-state index contributed by atoms with van der Waals surface area (Å²) in [6.45, 7) is -0.168. The lowest BCUT2D eigenvalue weighted by atomic mass is 10.2. The molecule has 0 saturated heterocycles. The number of halogens is 1. The van der Waals surface area contributed by atoms with Crippen LogP contribution in [0.4, 0.5) is 0 Å². The number of aliphatic hydroxyl groups excluding tert-OH is 2. The first-order valence-corrected chi connectivity index (χ1v) is 6.37. The number of hydrogen-bond acceptors (Lipinski definition) is 3. The Hall–Kier alpha value is -0.220. The molecule has 0 aliphatic carbocycles. The zero-order chi connectivity index (χ0) is 11.1. The highest BCUT2D eigenvalue weighted by molar-refractivity contribution is 7.99. The van der Waals surface area contributed by atoms with Crippen molar-refractivity contribution in [2.75, 3.05) is 18.1 Å². The molecule has 1 aromatic carbocycles. The van der Waals surface area contributed by atoms with Gasteiger partial charge < -0.3 is 10.2 Å². The summed E-state index contributed by atoms with van der Waals surface area (Å²) in [4.78, 5) is 0. The molecule has 1 atom stereocenters. The number of thioether (sulfide) groups is 1. The summed E-state index contributed by atoms with van der Waals surface area (Å²) >= 11 is 7.62. The lowest BCUT2D eigenvalue weighted by molar-refractivity contribution is 0.113. The molecule has 0 amide bonds. The molecule has 2 N–H and O–H groups in total. The molecule has 0 aromatic heterocycles. The number of hydrogen-bond donors (Lipinski definition) is 2. The van der Waals surface area contributed by atoms with Crippen LogP contribution in [0.15, 0.2) is 24.3 Å². The van der Waals surface area contributed by atoms with E-state index in [0.29, 0.717) is 5.75 Å². The monoisotopic (exact) mass is 246 g/mol. The summed E-state index contributed by atoms with van der Waals surface area (Å²) in [7, 11) is 0. The lowest BCUT2D eigenvalue weighted by Gasteiger charge is -2.07. The highest BCUT2D eigenvalue weighted by Gasteiger charge is 2.02. The van der Waals surface area contributed by atoms with E-state index < -0.39 is 6.10 Å². The maximum Gasteiger partial charge on any atom is 0.0861 e. The van der Waals surface area contributed by atoms with Crippen LogP contribution in [0, 0.1) is 0 Å². The minimum absolute atomic E-state index is 0.168. The van der Waals surface area contributed by atoms with Crippen LogP contribution in [0.2, 0.25) is 5.02 Å². The smallest absolute Gasteiger partial charge is 0.0861 e. The average molecular weight is 247 g/mol. The molecular weight excluding hydrogens is 232 g/mol. The molecule has 1 unspecified atom stereocenters. The van der Waals surface area contributed by atoms with E-state index in [9.17, 15) is 0 Å². The van der Waals surface area contributed by atoms with Gasteiger partial charge in [0.1, 0.15) is 0 Å². The number of rotatable bonds is 6. The van der Waals surface area contributed by atoms with Crippen molar-refractivity contribution < 1.29 is 10.2 Å². The van der Waals surface area contributed by atoms with Crippen molar-refractivity contribution in [2.45, 2.75) is 12.5 Å². The van der Waals surface area contributed by atoms with Gasteiger partial charge in [-0.3, -0.25) is 0 Å². The van der Waals surface area contributed by atoms with E-state index in [1.165, 1.54) is 0 Å². The predicted molar refractivity (Wildman–Crippen MR) is 65.6 cm³/mol. The highest BCUT2D eigenvalue weighted by atomic mass is 35.5. The van der Waals surface area contributed by atoms with E-state index >= 15 is 0 Å². The van der Waals surface area contributed by atoms with Crippen molar-refractivity contribution in [2.24, 2.45) is 0 Å². The van der Waals surface area contributed by atoms with Gasteiger partial charge in [-0.25, -0.2) is 0 Å². The third-order valence-electron chi connectivity index (χ3n) is 1.99. The molecule has 0 bridgehead atoms. The highest BCUT2D eigenvalue weighted by Crippen LogP contribution is 2.17. The van der Waals surface area contributed by atoms with Crippen molar-refractivity contribution in [3.8, 4) is 0 Å². The molecular formula is C11H15ClO2S. The van der Waals surface area contributed by atoms with E-state index in [1.54, 1.807) is 11.8 Å².